The molecule has 82 valence electrons. The number of halogens is 1. The predicted molar refractivity (Wildman–Crippen MR) is 60.6 cm³/mol. The third-order valence-corrected chi connectivity index (χ3v) is 2.52. The van der Waals surface area contributed by atoms with Crippen molar-refractivity contribution < 1.29 is 9.53 Å². The van der Waals surface area contributed by atoms with E-state index in [0.29, 0.717) is 22.8 Å². The molecule has 0 radical (unpaired) electrons. The van der Waals surface area contributed by atoms with E-state index in [1.165, 1.54) is 7.11 Å². The molecule has 1 aromatic carbocycles. The molecule has 0 bridgehead atoms. The number of hydrogen-bond donors (Lipinski definition) is 1. The number of benzene rings is 1. The Kier molecular flexibility index (Phi) is 4.12. The minimum atomic E-state index is -0.462. The van der Waals surface area contributed by atoms with Crippen LogP contribution >= 0.6 is 11.6 Å². The van der Waals surface area contributed by atoms with E-state index in [1.807, 2.05) is 6.92 Å². The Morgan fingerprint density at radius 2 is 2.27 bits per heavy atom. The Labute approximate surface area is 94.2 Å². The quantitative estimate of drug-likeness (QED) is 0.803. The second-order valence-corrected chi connectivity index (χ2v) is 3.64. The number of Topliss-reactive ketones (excluding diaryl/α,β-unsaturated/α-hetero) is 1. The zero-order valence-electron chi connectivity index (χ0n) is 8.79. The van der Waals surface area contributed by atoms with Gasteiger partial charge in [0.15, 0.2) is 5.78 Å². The van der Waals surface area contributed by atoms with Gasteiger partial charge in [-0.1, -0.05) is 18.5 Å². The molecule has 0 aliphatic rings. The normalized spacial score (nSPS) is 12.3. The number of hydrogen-bond acceptors (Lipinski definition) is 3. The molecule has 0 aliphatic carbocycles. The maximum Gasteiger partial charge on any atom is 0.179 e. The van der Waals surface area contributed by atoms with Crippen molar-refractivity contribution in [3.8, 4) is 5.75 Å². The third kappa shape index (κ3) is 2.70. The largest absolute Gasteiger partial charge is 0.495 e. The molecular formula is C11H14ClNO2. The van der Waals surface area contributed by atoms with Gasteiger partial charge in [-0.05, 0) is 24.6 Å². The van der Waals surface area contributed by atoms with Gasteiger partial charge >= 0.3 is 0 Å². The summed E-state index contributed by atoms with van der Waals surface area (Å²) < 4.78 is 5.02. The standard InChI is InChI=1S/C11H14ClNO2/c1-3-9(13)11(14)7-4-5-8(12)10(6-7)15-2/h4-6,9H,3,13H2,1-2H3. The molecular weight excluding hydrogens is 214 g/mol. The average molecular weight is 228 g/mol. The van der Waals surface area contributed by atoms with Gasteiger partial charge in [0.25, 0.3) is 0 Å². The zero-order valence-corrected chi connectivity index (χ0v) is 9.54. The topological polar surface area (TPSA) is 52.3 Å². The van der Waals surface area contributed by atoms with Crippen LogP contribution in [0.5, 0.6) is 5.75 Å². The van der Waals surface area contributed by atoms with Gasteiger partial charge in [0.05, 0.1) is 18.2 Å². The molecule has 0 aliphatic heterocycles. The Balaban J connectivity index is 3.01. The summed E-state index contributed by atoms with van der Waals surface area (Å²) in [5.74, 6) is 0.401. The number of rotatable bonds is 4. The first-order valence-corrected chi connectivity index (χ1v) is 5.11. The summed E-state index contributed by atoms with van der Waals surface area (Å²) in [6, 6.07) is 4.44. The van der Waals surface area contributed by atoms with Gasteiger partial charge in [0.2, 0.25) is 0 Å². The Morgan fingerprint density at radius 3 is 2.80 bits per heavy atom. The number of methoxy groups -OCH3 is 1. The van der Waals surface area contributed by atoms with Crippen LogP contribution in [-0.4, -0.2) is 18.9 Å². The van der Waals surface area contributed by atoms with Gasteiger partial charge in [-0.25, -0.2) is 0 Å². The lowest BCUT2D eigenvalue weighted by Gasteiger charge is -2.09. The van der Waals surface area contributed by atoms with Crippen molar-refractivity contribution in [2.24, 2.45) is 5.73 Å². The van der Waals surface area contributed by atoms with Crippen LogP contribution in [0.1, 0.15) is 23.7 Å². The summed E-state index contributed by atoms with van der Waals surface area (Å²) in [6.45, 7) is 1.87. The monoisotopic (exact) mass is 227 g/mol. The van der Waals surface area contributed by atoms with Crippen molar-refractivity contribution >= 4 is 17.4 Å². The van der Waals surface area contributed by atoms with Crippen LogP contribution in [0.15, 0.2) is 18.2 Å². The fourth-order valence-corrected chi connectivity index (χ4v) is 1.41. The molecule has 0 aromatic heterocycles. The molecule has 0 fully saturated rings. The van der Waals surface area contributed by atoms with E-state index in [2.05, 4.69) is 0 Å². The molecule has 4 heteroatoms. The highest BCUT2D eigenvalue weighted by atomic mass is 35.5. The van der Waals surface area contributed by atoms with Gasteiger partial charge in [-0.3, -0.25) is 4.79 Å². The molecule has 0 heterocycles. The first kappa shape index (κ1) is 12.0. The van der Waals surface area contributed by atoms with Gasteiger partial charge < -0.3 is 10.5 Å². The molecule has 2 N–H and O–H groups in total. The summed E-state index contributed by atoms with van der Waals surface area (Å²) in [4.78, 5) is 11.7. The lowest BCUT2D eigenvalue weighted by Crippen LogP contribution is -2.29. The van der Waals surface area contributed by atoms with Crippen LogP contribution in [0.25, 0.3) is 0 Å². The van der Waals surface area contributed by atoms with Crippen molar-refractivity contribution in [3.63, 3.8) is 0 Å². The molecule has 0 saturated carbocycles. The molecule has 1 rings (SSSR count). The maximum atomic E-state index is 11.7. The van der Waals surface area contributed by atoms with E-state index >= 15 is 0 Å². The van der Waals surface area contributed by atoms with Crippen LogP contribution in [0.4, 0.5) is 0 Å². The highest BCUT2D eigenvalue weighted by Gasteiger charge is 2.15. The minimum Gasteiger partial charge on any atom is -0.495 e. The summed E-state index contributed by atoms with van der Waals surface area (Å²) in [5, 5.41) is 0.485. The molecule has 1 aromatic rings. The van der Waals surface area contributed by atoms with E-state index in [0.717, 1.165) is 0 Å². The molecule has 0 amide bonds. The molecule has 15 heavy (non-hydrogen) atoms. The van der Waals surface area contributed by atoms with Gasteiger partial charge in [0.1, 0.15) is 5.75 Å². The summed E-state index contributed by atoms with van der Waals surface area (Å²) >= 11 is 5.85. The third-order valence-electron chi connectivity index (χ3n) is 2.21. The van der Waals surface area contributed by atoms with Crippen molar-refractivity contribution in [1.82, 2.24) is 0 Å². The van der Waals surface area contributed by atoms with Gasteiger partial charge in [-0.2, -0.15) is 0 Å². The highest BCUT2D eigenvalue weighted by Crippen LogP contribution is 2.25. The van der Waals surface area contributed by atoms with Crippen LogP contribution in [-0.2, 0) is 0 Å². The first-order valence-electron chi connectivity index (χ1n) is 4.73. The van der Waals surface area contributed by atoms with Crippen molar-refractivity contribution in [3.05, 3.63) is 28.8 Å². The molecule has 0 saturated heterocycles. The molecule has 3 nitrogen and oxygen atoms in total. The Hall–Kier alpha value is -1.06. The van der Waals surface area contributed by atoms with E-state index < -0.39 is 6.04 Å². The smallest absolute Gasteiger partial charge is 0.179 e. The minimum absolute atomic E-state index is 0.0903. The van der Waals surface area contributed by atoms with E-state index in [1.54, 1.807) is 18.2 Å². The maximum absolute atomic E-state index is 11.7. The van der Waals surface area contributed by atoms with E-state index in [4.69, 9.17) is 22.1 Å². The Bertz CT molecular complexity index is 366. The highest BCUT2D eigenvalue weighted by molar-refractivity contribution is 6.32. The average Bonchev–Trinajstić information content (AvgIpc) is 2.27. The molecule has 1 unspecified atom stereocenters. The Morgan fingerprint density at radius 1 is 1.60 bits per heavy atom. The number of carbonyl (C=O) groups is 1. The number of carbonyl (C=O) groups excluding carboxylic acids is 1. The fraction of sp³-hybridized carbons (Fsp3) is 0.364. The van der Waals surface area contributed by atoms with Crippen LogP contribution in [0.2, 0.25) is 5.02 Å². The van der Waals surface area contributed by atoms with Crippen LogP contribution < -0.4 is 10.5 Å². The number of nitrogens with two attached hydrogens (primary N) is 1. The fourth-order valence-electron chi connectivity index (χ4n) is 1.21. The van der Waals surface area contributed by atoms with Crippen LogP contribution in [0.3, 0.4) is 0 Å². The van der Waals surface area contributed by atoms with E-state index in [-0.39, 0.29) is 5.78 Å². The molecule has 0 spiro atoms. The lowest BCUT2D eigenvalue weighted by molar-refractivity contribution is 0.0959. The molecule has 1 atom stereocenters. The number of ether oxygens (including phenoxy) is 1. The van der Waals surface area contributed by atoms with Crippen molar-refractivity contribution in [2.75, 3.05) is 7.11 Å². The second-order valence-electron chi connectivity index (χ2n) is 3.23. The van der Waals surface area contributed by atoms with E-state index in [9.17, 15) is 4.79 Å². The SMILES string of the molecule is CCC(N)C(=O)c1ccc(Cl)c(OC)c1. The van der Waals surface area contributed by atoms with Gasteiger partial charge in [-0.15, -0.1) is 0 Å². The first-order chi connectivity index (χ1) is 7.10. The number of ketones is 1. The van der Waals surface area contributed by atoms with Crippen molar-refractivity contribution in [1.29, 1.82) is 0 Å². The van der Waals surface area contributed by atoms with Gasteiger partial charge in [0, 0.05) is 5.56 Å². The second kappa shape index (κ2) is 5.14. The van der Waals surface area contributed by atoms with Crippen LogP contribution in [0, 0.1) is 0 Å². The van der Waals surface area contributed by atoms with Crippen molar-refractivity contribution in [2.45, 2.75) is 19.4 Å². The summed E-state index contributed by atoms with van der Waals surface area (Å²) in [7, 11) is 1.51. The predicted octanol–water partition coefficient (Wildman–Crippen LogP) is 2.27. The zero-order chi connectivity index (χ0) is 11.4. The summed E-state index contributed by atoms with van der Waals surface area (Å²) in [6.07, 6.45) is 0.615. The lowest BCUT2D eigenvalue weighted by atomic mass is 10.0. The summed E-state index contributed by atoms with van der Waals surface area (Å²) in [5.41, 5.74) is 6.19.